The van der Waals surface area contributed by atoms with Gasteiger partial charge in [0.1, 0.15) is 12.2 Å². The molecule has 1 aromatic heterocycles. The summed E-state index contributed by atoms with van der Waals surface area (Å²) < 4.78 is 6.36. The predicted molar refractivity (Wildman–Crippen MR) is 65.3 cm³/mol. The van der Waals surface area contributed by atoms with Crippen LogP contribution in [0.3, 0.4) is 0 Å². The minimum atomic E-state index is -1.54. The van der Waals surface area contributed by atoms with Crippen LogP contribution in [-0.4, -0.2) is 38.6 Å². The Morgan fingerprint density at radius 1 is 1.56 bits per heavy atom. The van der Waals surface area contributed by atoms with Gasteiger partial charge in [0.15, 0.2) is 5.72 Å². The van der Waals surface area contributed by atoms with Crippen molar-refractivity contribution in [3.05, 3.63) is 44.2 Å². The van der Waals surface area contributed by atoms with Crippen molar-refractivity contribution in [3.63, 3.8) is 0 Å². The third kappa shape index (κ3) is 1.97. The fourth-order valence-corrected chi connectivity index (χ4v) is 2.27. The summed E-state index contributed by atoms with van der Waals surface area (Å²) in [5, 5.41) is 19.5. The van der Waals surface area contributed by atoms with E-state index in [0.717, 1.165) is 10.6 Å². The number of ether oxygens (including phenoxy) is 1. The van der Waals surface area contributed by atoms with Crippen molar-refractivity contribution in [3.8, 4) is 0 Å². The molecule has 98 valence electrons. The zero-order valence-electron chi connectivity index (χ0n) is 9.12. The number of hydrogen-bond donors (Lipinski definition) is 3. The fourth-order valence-electron chi connectivity index (χ4n) is 1.89. The predicted octanol–water partition coefficient (Wildman–Crippen LogP) is -1.15. The number of nitrogens with zero attached hydrogens (tertiary/aromatic N) is 1. The van der Waals surface area contributed by atoms with Crippen molar-refractivity contribution in [2.75, 3.05) is 6.61 Å². The SMILES string of the molecule is O=c1ccn([C@]2(C=CBr)OC[C@@H](O)[C@H]2O)c(=O)[nH]1. The van der Waals surface area contributed by atoms with Crippen molar-refractivity contribution in [1.29, 1.82) is 0 Å². The molecule has 2 heterocycles. The Hall–Kier alpha value is -1.22. The van der Waals surface area contributed by atoms with E-state index < -0.39 is 29.2 Å². The molecule has 0 aliphatic carbocycles. The van der Waals surface area contributed by atoms with Crippen LogP contribution in [0.2, 0.25) is 0 Å². The monoisotopic (exact) mass is 318 g/mol. The molecule has 1 fully saturated rings. The summed E-state index contributed by atoms with van der Waals surface area (Å²) in [5.41, 5.74) is -2.83. The van der Waals surface area contributed by atoms with Crippen molar-refractivity contribution in [1.82, 2.24) is 9.55 Å². The number of nitrogens with one attached hydrogen (secondary N) is 1. The van der Waals surface area contributed by atoms with Gasteiger partial charge in [-0.3, -0.25) is 14.3 Å². The first-order valence-electron chi connectivity index (χ1n) is 5.12. The minimum absolute atomic E-state index is 0.121. The number of aliphatic hydroxyl groups is 2. The van der Waals surface area contributed by atoms with E-state index in [4.69, 9.17) is 4.74 Å². The number of halogens is 1. The maximum Gasteiger partial charge on any atom is 0.331 e. The Labute approximate surface area is 109 Å². The molecule has 18 heavy (non-hydrogen) atoms. The zero-order chi connectivity index (χ0) is 13.3. The summed E-state index contributed by atoms with van der Waals surface area (Å²) in [4.78, 5) is 26.2. The third-order valence-corrected chi connectivity index (χ3v) is 3.04. The van der Waals surface area contributed by atoms with Gasteiger partial charge in [-0.25, -0.2) is 4.79 Å². The van der Waals surface area contributed by atoms with Gasteiger partial charge in [0.25, 0.3) is 5.56 Å². The van der Waals surface area contributed by atoms with Gasteiger partial charge in [0, 0.05) is 12.3 Å². The topological polar surface area (TPSA) is 105 Å². The molecule has 1 aromatic rings. The van der Waals surface area contributed by atoms with E-state index in [1.807, 2.05) is 0 Å². The van der Waals surface area contributed by atoms with Crippen LogP contribution in [-0.2, 0) is 10.5 Å². The molecule has 0 spiro atoms. The Morgan fingerprint density at radius 3 is 2.78 bits per heavy atom. The number of H-pyrrole nitrogens is 1. The molecule has 8 heteroatoms. The molecule has 1 aliphatic heterocycles. The van der Waals surface area contributed by atoms with Crippen LogP contribution in [0.4, 0.5) is 0 Å². The summed E-state index contributed by atoms with van der Waals surface area (Å²) in [6.45, 7) is -0.121. The molecule has 1 saturated heterocycles. The Morgan fingerprint density at radius 2 is 2.28 bits per heavy atom. The standard InChI is InChI=1S/C10H11BrN2O5/c11-3-2-10(8(16)6(14)5-18-10)13-4-1-7(15)12-9(13)17/h1-4,6,8,14,16H,5H2,(H,12,15,17)/t6-,8-,10-/m1/s1. The highest BCUT2D eigenvalue weighted by Gasteiger charge is 2.49. The van der Waals surface area contributed by atoms with Crippen LogP contribution in [0.1, 0.15) is 0 Å². The van der Waals surface area contributed by atoms with Gasteiger partial charge >= 0.3 is 5.69 Å². The van der Waals surface area contributed by atoms with Gasteiger partial charge in [-0.15, -0.1) is 0 Å². The molecule has 0 amide bonds. The maximum atomic E-state index is 11.7. The van der Waals surface area contributed by atoms with Gasteiger partial charge in [-0.2, -0.15) is 0 Å². The second-order valence-electron chi connectivity index (χ2n) is 3.85. The number of aromatic amines is 1. The maximum absolute atomic E-state index is 11.7. The van der Waals surface area contributed by atoms with E-state index in [9.17, 15) is 19.8 Å². The van der Waals surface area contributed by atoms with Crippen molar-refractivity contribution < 1.29 is 14.9 Å². The average molecular weight is 319 g/mol. The van der Waals surface area contributed by atoms with Crippen LogP contribution < -0.4 is 11.2 Å². The molecule has 0 saturated carbocycles. The number of aliphatic hydroxyl groups excluding tert-OH is 2. The number of hydrogen-bond acceptors (Lipinski definition) is 5. The molecule has 2 rings (SSSR count). The summed E-state index contributed by atoms with van der Waals surface area (Å²) >= 11 is 3.04. The lowest BCUT2D eigenvalue weighted by Gasteiger charge is -2.30. The first-order chi connectivity index (χ1) is 8.51. The van der Waals surface area contributed by atoms with Gasteiger partial charge in [-0.1, -0.05) is 15.9 Å². The van der Waals surface area contributed by atoms with E-state index in [1.54, 1.807) is 0 Å². The normalized spacial score (nSPS) is 32.2. The second kappa shape index (κ2) is 4.81. The third-order valence-electron chi connectivity index (χ3n) is 2.78. The van der Waals surface area contributed by atoms with Crippen molar-refractivity contribution in [2.45, 2.75) is 17.9 Å². The molecule has 0 bridgehead atoms. The molecule has 7 nitrogen and oxygen atoms in total. The fraction of sp³-hybridized carbons (Fsp3) is 0.400. The van der Waals surface area contributed by atoms with E-state index in [-0.39, 0.29) is 6.61 Å². The van der Waals surface area contributed by atoms with Crippen LogP contribution >= 0.6 is 15.9 Å². The zero-order valence-corrected chi connectivity index (χ0v) is 10.7. The first kappa shape index (κ1) is 13.2. The average Bonchev–Trinajstić information content (AvgIpc) is 2.59. The van der Waals surface area contributed by atoms with Crippen molar-refractivity contribution in [2.24, 2.45) is 0 Å². The van der Waals surface area contributed by atoms with Gasteiger partial charge in [0.05, 0.1) is 6.61 Å². The number of aromatic nitrogens is 2. The lowest BCUT2D eigenvalue weighted by molar-refractivity contribution is -0.0881. The molecule has 1 aliphatic rings. The Balaban J connectivity index is 2.62. The quantitative estimate of drug-likeness (QED) is 0.638. The molecular weight excluding hydrogens is 308 g/mol. The Kier molecular flexibility index (Phi) is 3.53. The highest BCUT2D eigenvalue weighted by Crippen LogP contribution is 2.32. The van der Waals surface area contributed by atoms with Crippen molar-refractivity contribution >= 4 is 15.9 Å². The highest BCUT2D eigenvalue weighted by atomic mass is 79.9. The molecule has 0 unspecified atom stereocenters. The smallest absolute Gasteiger partial charge is 0.331 e. The van der Waals surface area contributed by atoms with E-state index in [2.05, 4.69) is 20.9 Å². The molecule has 0 radical (unpaired) electrons. The van der Waals surface area contributed by atoms with Crippen LogP contribution in [0.5, 0.6) is 0 Å². The summed E-state index contributed by atoms with van der Waals surface area (Å²) in [6.07, 6.45) is 0.144. The molecular formula is C10H11BrN2O5. The van der Waals surface area contributed by atoms with Crippen LogP contribution in [0.25, 0.3) is 0 Å². The number of rotatable bonds is 2. The highest BCUT2D eigenvalue weighted by molar-refractivity contribution is 9.11. The largest absolute Gasteiger partial charge is 0.388 e. The summed E-state index contributed by atoms with van der Waals surface area (Å²) in [7, 11) is 0. The lowest BCUT2D eigenvalue weighted by atomic mass is 10.0. The van der Waals surface area contributed by atoms with E-state index in [0.29, 0.717) is 0 Å². The van der Waals surface area contributed by atoms with Crippen LogP contribution in [0, 0.1) is 0 Å². The Bertz CT molecular complexity index is 580. The molecule has 3 N–H and O–H groups in total. The lowest BCUT2D eigenvalue weighted by Crippen LogP contribution is -2.50. The van der Waals surface area contributed by atoms with E-state index in [1.165, 1.54) is 17.3 Å². The van der Waals surface area contributed by atoms with Gasteiger partial charge in [0.2, 0.25) is 0 Å². The van der Waals surface area contributed by atoms with E-state index >= 15 is 0 Å². The van der Waals surface area contributed by atoms with Crippen LogP contribution in [0.15, 0.2) is 32.9 Å². The first-order valence-corrected chi connectivity index (χ1v) is 6.03. The summed E-state index contributed by atoms with van der Waals surface area (Å²) in [6, 6.07) is 1.13. The van der Waals surface area contributed by atoms with Gasteiger partial charge in [-0.05, 0) is 11.1 Å². The molecule has 3 atom stereocenters. The minimum Gasteiger partial charge on any atom is -0.388 e. The summed E-state index contributed by atoms with van der Waals surface area (Å²) in [5.74, 6) is 0. The van der Waals surface area contributed by atoms with Gasteiger partial charge < -0.3 is 14.9 Å². The second-order valence-corrected chi connectivity index (χ2v) is 4.38. The molecule has 0 aromatic carbocycles.